The summed E-state index contributed by atoms with van der Waals surface area (Å²) < 4.78 is 28.0. The van der Waals surface area contributed by atoms with Crippen molar-refractivity contribution in [2.45, 2.75) is 16.6 Å². The fourth-order valence-electron chi connectivity index (χ4n) is 3.41. The lowest BCUT2D eigenvalue weighted by atomic mass is 10.2. The number of benzene rings is 3. The molecule has 1 aromatic heterocycles. The second-order valence-electron chi connectivity index (χ2n) is 7.86. The highest BCUT2D eigenvalue weighted by Gasteiger charge is 2.29. The molecule has 0 saturated carbocycles. The molecular weight excluding hydrogens is 553 g/mol. The highest BCUT2D eigenvalue weighted by molar-refractivity contribution is 7.99. The first kappa shape index (κ1) is 27.2. The van der Waals surface area contributed by atoms with Crippen LogP contribution in [0.2, 0.25) is 10.0 Å². The van der Waals surface area contributed by atoms with E-state index in [1.165, 1.54) is 30.0 Å². The summed E-state index contributed by atoms with van der Waals surface area (Å²) in [7, 11) is -4.12. The maximum atomic E-state index is 13.5. The third-order valence-electron chi connectivity index (χ3n) is 5.20. The molecule has 0 spiro atoms. The molecular formula is C25H23Cl2N5O3S2. The number of carbonyl (C=O) groups excluding carboxylic acids is 1. The summed E-state index contributed by atoms with van der Waals surface area (Å²) in [6.07, 6.45) is 0. The smallest absolute Gasteiger partial charge is 0.245 e. The molecule has 0 bridgehead atoms. The zero-order valence-corrected chi connectivity index (χ0v) is 22.6. The average Bonchev–Trinajstić information content (AvgIpc) is 3.38. The van der Waals surface area contributed by atoms with Crippen LogP contribution in [-0.4, -0.2) is 52.7 Å². The van der Waals surface area contributed by atoms with Gasteiger partial charge in [-0.15, -0.1) is 5.10 Å². The number of thioether (sulfide) groups is 1. The van der Waals surface area contributed by atoms with Gasteiger partial charge in [-0.3, -0.25) is 9.89 Å². The van der Waals surface area contributed by atoms with E-state index >= 15 is 0 Å². The van der Waals surface area contributed by atoms with Crippen molar-refractivity contribution in [2.75, 3.05) is 18.8 Å². The van der Waals surface area contributed by atoms with Crippen LogP contribution >= 0.6 is 35.0 Å². The molecule has 8 nitrogen and oxygen atoms in total. The van der Waals surface area contributed by atoms with Crippen molar-refractivity contribution in [2.24, 2.45) is 0 Å². The van der Waals surface area contributed by atoms with Gasteiger partial charge in [0.15, 0.2) is 5.82 Å². The normalized spacial score (nSPS) is 11.5. The van der Waals surface area contributed by atoms with Gasteiger partial charge in [0.25, 0.3) is 0 Å². The van der Waals surface area contributed by atoms with Crippen LogP contribution in [0.15, 0.2) is 88.9 Å². The van der Waals surface area contributed by atoms with Crippen LogP contribution in [0.1, 0.15) is 5.56 Å². The number of nitrogens with zero attached hydrogens (tertiary/aromatic N) is 3. The molecule has 12 heteroatoms. The van der Waals surface area contributed by atoms with E-state index in [4.69, 9.17) is 23.2 Å². The maximum Gasteiger partial charge on any atom is 0.245 e. The van der Waals surface area contributed by atoms with E-state index in [2.05, 4.69) is 20.5 Å². The minimum absolute atomic E-state index is 0.00631. The number of rotatable bonds is 11. The number of nitrogens with one attached hydrogen (secondary N) is 2. The van der Waals surface area contributed by atoms with Gasteiger partial charge in [0, 0.05) is 29.4 Å². The van der Waals surface area contributed by atoms with Gasteiger partial charge in [-0.25, -0.2) is 13.4 Å². The van der Waals surface area contributed by atoms with Crippen molar-refractivity contribution in [1.29, 1.82) is 0 Å². The Hall–Kier alpha value is -2.89. The van der Waals surface area contributed by atoms with Gasteiger partial charge in [0.1, 0.15) is 4.90 Å². The number of carbonyl (C=O) groups is 1. The van der Waals surface area contributed by atoms with Crippen molar-refractivity contribution < 1.29 is 13.2 Å². The van der Waals surface area contributed by atoms with Crippen LogP contribution in [0.5, 0.6) is 0 Å². The van der Waals surface area contributed by atoms with E-state index in [1.54, 1.807) is 24.3 Å². The van der Waals surface area contributed by atoms with Crippen LogP contribution in [-0.2, 0) is 21.4 Å². The lowest BCUT2D eigenvalue weighted by Gasteiger charge is -2.22. The summed E-state index contributed by atoms with van der Waals surface area (Å²) in [5, 5.41) is 10.7. The van der Waals surface area contributed by atoms with Gasteiger partial charge in [-0.2, -0.15) is 4.31 Å². The Bertz CT molecular complexity index is 1450. The Morgan fingerprint density at radius 1 is 1.00 bits per heavy atom. The monoisotopic (exact) mass is 575 g/mol. The molecule has 0 fully saturated rings. The molecule has 1 amide bonds. The molecule has 2 N–H and O–H groups in total. The highest BCUT2D eigenvalue weighted by atomic mass is 35.5. The van der Waals surface area contributed by atoms with Crippen molar-refractivity contribution >= 4 is 50.9 Å². The molecule has 0 aliphatic carbocycles. The van der Waals surface area contributed by atoms with Gasteiger partial charge in [0.2, 0.25) is 21.1 Å². The van der Waals surface area contributed by atoms with E-state index in [9.17, 15) is 13.2 Å². The van der Waals surface area contributed by atoms with E-state index in [0.717, 1.165) is 15.4 Å². The summed E-state index contributed by atoms with van der Waals surface area (Å²) in [4.78, 5) is 17.0. The molecule has 0 atom stereocenters. The van der Waals surface area contributed by atoms with E-state index in [-0.39, 0.29) is 28.0 Å². The predicted molar refractivity (Wildman–Crippen MR) is 146 cm³/mol. The second kappa shape index (κ2) is 12.6. The van der Waals surface area contributed by atoms with Crippen molar-refractivity contribution in [3.05, 3.63) is 94.5 Å². The van der Waals surface area contributed by atoms with Gasteiger partial charge in [-0.1, -0.05) is 95.6 Å². The van der Waals surface area contributed by atoms with Crippen LogP contribution in [0.25, 0.3) is 11.4 Å². The number of H-pyrrole nitrogens is 1. The van der Waals surface area contributed by atoms with Crippen LogP contribution < -0.4 is 5.32 Å². The second-order valence-corrected chi connectivity index (χ2v) is 11.7. The topological polar surface area (TPSA) is 108 Å². The van der Waals surface area contributed by atoms with Crippen LogP contribution in [0.4, 0.5) is 0 Å². The largest absolute Gasteiger partial charge is 0.354 e. The molecule has 0 aliphatic rings. The molecule has 0 unspecified atom stereocenters. The van der Waals surface area contributed by atoms with E-state index < -0.39 is 15.9 Å². The van der Waals surface area contributed by atoms with Crippen molar-refractivity contribution in [1.82, 2.24) is 24.8 Å². The summed E-state index contributed by atoms with van der Waals surface area (Å²) >= 11 is 13.6. The maximum absolute atomic E-state index is 13.5. The Balaban J connectivity index is 1.38. The zero-order chi connectivity index (χ0) is 26.3. The van der Waals surface area contributed by atoms with Gasteiger partial charge < -0.3 is 5.32 Å². The van der Waals surface area contributed by atoms with Crippen LogP contribution in [0.3, 0.4) is 0 Å². The van der Waals surface area contributed by atoms with Crippen molar-refractivity contribution in [3.8, 4) is 11.4 Å². The standard InChI is InChI=1S/C25H23Cl2N5O3S2/c26-20-11-12-21(27)22(15-20)37(34,35)32(16-18-7-3-1-4-8-18)17-23(33)28-13-14-36-25-29-24(30-31-25)19-9-5-2-6-10-19/h1-12,15H,13-14,16-17H2,(H,28,33)(H,29,30,31). The first-order valence-electron chi connectivity index (χ1n) is 11.2. The number of aromatic nitrogens is 3. The highest BCUT2D eigenvalue weighted by Crippen LogP contribution is 2.28. The predicted octanol–water partition coefficient (Wildman–Crippen LogP) is 4.88. The summed E-state index contributed by atoms with van der Waals surface area (Å²) in [5.74, 6) is 0.718. The minimum atomic E-state index is -4.12. The molecule has 3 aromatic carbocycles. The summed E-state index contributed by atoms with van der Waals surface area (Å²) in [6.45, 7) is -0.0902. The number of amides is 1. The molecule has 1 heterocycles. The third-order valence-corrected chi connectivity index (χ3v) is 8.56. The first-order valence-corrected chi connectivity index (χ1v) is 14.4. The SMILES string of the molecule is O=C(CN(Cc1ccccc1)S(=O)(=O)c1cc(Cl)ccc1Cl)NCCSc1n[nH]c(-c2ccccc2)n1. The number of aromatic amines is 1. The number of halogens is 2. The number of hydrogen-bond acceptors (Lipinski definition) is 6. The zero-order valence-electron chi connectivity index (χ0n) is 19.5. The molecule has 37 heavy (non-hydrogen) atoms. The summed E-state index contributed by atoms with van der Waals surface area (Å²) in [5.41, 5.74) is 1.65. The van der Waals surface area contributed by atoms with Gasteiger partial charge >= 0.3 is 0 Å². The van der Waals surface area contributed by atoms with Crippen LogP contribution in [0, 0.1) is 0 Å². The van der Waals surface area contributed by atoms with Crippen molar-refractivity contribution in [3.63, 3.8) is 0 Å². The Labute approximate surface area is 229 Å². The number of sulfonamides is 1. The molecule has 4 rings (SSSR count). The average molecular weight is 577 g/mol. The third kappa shape index (κ3) is 7.33. The minimum Gasteiger partial charge on any atom is -0.354 e. The Morgan fingerprint density at radius 2 is 1.70 bits per heavy atom. The molecule has 4 aromatic rings. The summed E-state index contributed by atoms with van der Waals surface area (Å²) in [6, 6.07) is 22.8. The molecule has 0 aliphatic heterocycles. The number of hydrogen-bond donors (Lipinski definition) is 2. The fraction of sp³-hybridized carbons (Fsp3) is 0.160. The lowest BCUT2D eigenvalue weighted by Crippen LogP contribution is -2.41. The van der Waals surface area contributed by atoms with E-state index in [1.807, 2.05) is 36.4 Å². The van der Waals surface area contributed by atoms with E-state index in [0.29, 0.717) is 23.3 Å². The molecule has 0 saturated heterocycles. The fourth-order valence-corrected chi connectivity index (χ4v) is 6.19. The quantitative estimate of drug-likeness (QED) is 0.195. The van der Waals surface area contributed by atoms with Gasteiger partial charge in [0.05, 0.1) is 11.6 Å². The van der Waals surface area contributed by atoms with Gasteiger partial charge in [-0.05, 0) is 23.8 Å². The Morgan fingerprint density at radius 3 is 2.43 bits per heavy atom. The lowest BCUT2D eigenvalue weighted by molar-refractivity contribution is -0.121. The molecule has 0 radical (unpaired) electrons. The first-order chi connectivity index (χ1) is 17.8. The Kier molecular flexibility index (Phi) is 9.23. The molecule has 192 valence electrons.